The summed E-state index contributed by atoms with van der Waals surface area (Å²) in [5, 5.41) is 3.97. The molecule has 0 atom stereocenters. The number of benzene rings is 1. The summed E-state index contributed by atoms with van der Waals surface area (Å²) in [7, 11) is 0. The Bertz CT molecular complexity index is 770. The average Bonchev–Trinajstić information content (AvgIpc) is 2.98. The molecule has 2 amide bonds. The topological polar surface area (TPSA) is 62.3 Å². The number of nitrogens with zero attached hydrogens (tertiary/aromatic N) is 2. The third kappa shape index (κ3) is 5.39. The van der Waals surface area contributed by atoms with E-state index in [1.165, 1.54) is 11.3 Å². The van der Waals surface area contributed by atoms with Gasteiger partial charge >= 0.3 is 0 Å². The molecule has 0 saturated carbocycles. The smallest absolute Gasteiger partial charge is 0.267 e. The van der Waals surface area contributed by atoms with E-state index in [2.05, 4.69) is 17.2 Å². The van der Waals surface area contributed by atoms with Crippen LogP contribution in [0.4, 0.5) is 5.69 Å². The van der Waals surface area contributed by atoms with Crippen LogP contribution in [-0.2, 0) is 17.8 Å². The number of nitrogens with one attached hydrogen (secondary N) is 1. The van der Waals surface area contributed by atoms with E-state index in [1.54, 1.807) is 11.8 Å². The van der Waals surface area contributed by atoms with Crippen LogP contribution in [0, 0.1) is 6.92 Å². The van der Waals surface area contributed by atoms with Crippen molar-refractivity contribution in [3.8, 4) is 0 Å². The lowest BCUT2D eigenvalue weighted by molar-refractivity contribution is -0.129. The highest BCUT2D eigenvalue weighted by molar-refractivity contribution is 7.13. The van der Waals surface area contributed by atoms with Crippen molar-refractivity contribution < 1.29 is 9.59 Å². The normalized spacial score (nSPS) is 10.6. The summed E-state index contributed by atoms with van der Waals surface area (Å²) in [6.07, 6.45) is 3.12. The van der Waals surface area contributed by atoms with Gasteiger partial charge in [0.2, 0.25) is 5.91 Å². The predicted molar refractivity (Wildman–Crippen MR) is 107 cm³/mol. The second-order valence-electron chi connectivity index (χ2n) is 6.31. The molecular formula is C20H27N3O2S. The molecule has 0 bridgehead atoms. The summed E-state index contributed by atoms with van der Waals surface area (Å²) < 4.78 is 0. The summed E-state index contributed by atoms with van der Waals surface area (Å²) in [5.74, 6) is -0.0827. The Kier molecular flexibility index (Phi) is 7.33. The Labute approximate surface area is 159 Å². The maximum absolute atomic E-state index is 12.6. The first-order valence-electron chi connectivity index (χ1n) is 9.06. The van der Waals surface area contributed by atoms with Gasteiger partial charge < -0.3 is 10.2 Å². The zero-order valence-corrected chi connectivity index (χ0v) is 16.8. The van der Waals surface area contributed by atoms with E-state index in [9.17, 15) is 9.59 Å². The highest BCUT2D eigenvalue weighted by Gasteiger charge is 2.16. The lowest BCUT2D eigenvalue weighted by Crippen LogP contribution is -2.27. The minimum atomic E-state index is -0.126. The number of aryl methyl sites for hydroxylation is 2. The molecule has 5 nitrogen and oxygen atoms in total. The molecule has 0 radical (unpaired) electrons. The molecule has 0 aliphatic carbocycles. The van der Waals surface area contributed by atoms with E-state index in [1.807, 2.05) is 38.1 Å². The standard InChI is InChI=1S/C20H27N3O2S/c1-5-7-11-18-21-14(3)19(26-18)20(25)22-17-10-8-9-16(12-17)13-23(6-2)15(4)24/h8-10,12H,5-7,11,13H2,1-4H3,(H,22,25). The van der Waals surface area contributed by atoms with Crippen LogP contribution in [-0.4, -0.2) is 28.2 Å². The van der Waals surface area contributed by atoms with Crippen LogP contribution in [0.1, 0.15) is 59.5 Å². The molecule has 0 fully saturated rings. The fraction of sp³-hybridized carbons (Fsp3) is 0.450. The molecule has 140 valence electrons. The molecule has 1 N–H and O–H groups in total. The van der Waals surface area contributed by atoms with E-state index < -0.39 is 0 Å². The minimum absolute atomic E-state index is 0.0434. The minimum Gasteiger partial charge on any atom is -0.339 e. The second-order valence-corrected chi connectivity index (χ2v) is 7.40. The highest BCUT2D eigenvalue weighted by Crippen LogP contribution is 2.22. The van der Waals surface area contributed by atoms with Crippen LogP contribution in [0.3, 0.4) is 0 Å². The molecule has 1 aromatic carbocycles. The van der Waals surface area contributed by atoms with Crippen molar-refractivity contribution in [1.29, 1.82) is 0 Å². The quantitative estimate of drug-likeness (QED) is 0.745. The zero-order valence-electron chi connectivity index (χ0n) is 16.0. The first kappa shape index (κ1) is 20.1. The van der Waals surface area contributed by atoms with Gasteiger partial charge in [-0.3, -0.25) is 9.59 Å². The molecule has 2 aromatic rings. The molecule has 6 heteroatoms. The summed E-state index contributed by atoms with van der Waals surface area (Å²) in [4.78, 5) is 31.1. The van der Waals surface area contributed by atoms with Gasteiger partial charge in [-0.15, -0.1) is 11.3 Å². The number of carbonyl (C=O) groups is 2. The van der Waals surface area contributed by atoms with Gasteiger partial charge in [0.1, 0.15) is 4.88 Å². The Morgan fingerprint density at radius 1 is 1.27 bits per heavy atom. The van der Waals surface area contributed by atoms with E-state index in [0.29, 0.717) is 18.0 Å². The predicted octanol–water partition coefficient (Wildman–Crippen LogP) is 4.41. The van der Waals surface area contributed by atoms with Crippen molar-refractivity contribution >= 4 is 28.8 Å². The van der Waals surface area contributed by atoms with Gasteiger partial charge in [0.05, 0.1) is 10.7 Å². The van der Waals surface area contributed by atoms with E-state index in [4.69, 9.17) is 0 Å². The van der Waals surface area contributed by atoms with Crippen LogP contribution in [0.15, 0.2) is 24.3 Å². The summed E-state index contributed by atoms with van der Waals surface area (Å²) in [6, 6.07) is 7.63. The number of hydrogen-bond donors (Lipinski definition) is 1. The molecule has 1 aromatic heterocycles. The van der Waals surface area contributed by atoms with Gasteiger partial charge in [-0.25, -0.2) is 4.98 Å². The van der Waals surface area contributed by atoms with Crippen molar-refractivity contribution in [3.05, 3.63) is 45.4 Å². The van der Waals surface area contributed by atoms with Gasteiger partial charge in [-0.1, -0.05) is 25.5 Å². The van der Waals surface area contributed by atoms with Gasteiger partial charge in [0.25, 0.3) is 5.91 Å². The molecule has 26 heavy (non-hydrogen) atoms. The van der Waals surface area contributed by atoms with Gasteiger partial charge in [0, 0.05) is 25.7 Å². The summed E-state index contributed by atoms with van der Waals surface area (Å²) >= 11 is 1.47. The Balaban J connectivity index is 2.08. The lowest BCUT2D eigenvalue weighted by atomic mass is 10.2. The molecule has 0 aliphatic rings. The zero-order chi connectivity index (χ0) is 19.1. The number of carbonyl (C=O) groups excluding carboxylic acids is 2. The Hall–Kier alpha value is -2.21. The van der Waals surface area contributed by atoms with Crippen LogP contribution in [0.2, 0.25) is 0 Å². The molecule has 0 aliphatic heterocycles. The monoisotopic (exact) mass is 373 g/mol. The lowest BCUT2D eigenvalue weighted by Gasteiger charge is -2.19. The highest BCUT2D eigenvalue weighted by atomic mass is 32.1. The maximum Gasteiger partial charge on any atom is 0.267 e. The first-order valence-corrected chi connectivity index (χ1v) is 9.88. The molecule has 1 heterocycles. The SMILES string of the molecule is CCCCc1nc(C)c(C(=O)Nc2cccc(CN(CC)C(C)=O)c2)s1. The van der Waals surface area contributed by atoms with E-state index in [0.717, 1.165) is 41.2 Å². The van der Waals surface area contributed by atoms with Gasteiger partial charge in [-0.2, -0.15) is 0 Å². The average molecular weight is 374 g/mol. The fourth-order valence-electron chi connectivity index (χ4n) is 2.70. The van der Waals surface area contributed by atoms with Crippen molar-refractivity contribution in [2.24, 2.45) is 0 Å². The fourth-order valence-corrected chi connectivity index (χ4v) is 3.70. The number of hydrogen-bond acceptors (Lipinski definition) is 4. The molecular weight excluding hydrogens is 346 g/mol. The Morgan fingerprint density at radius 3 is 2.69 bits per heavy atom. The van der Waals surface area contributed by atoms with Gasteiger partial charge in [-0.05, 0) is 44.4 Å². The molecule has 0 unspecified atom stereocenters. The summed E-state index contributed by atoms with van der Waals surface area (Å²) in [5.41, 5.74) is 2.50. The number of aromatic nitrogens is 1. The van der Waals surface area contributed by atoms with Crippen molar-refractivity contribution in [2.45, 2.75) is 53.5 Å². The van der Waals surface area contributed by atoms with E-state index in [-0.39, 0.29) is 11.8 Å². The maximum atomic E-state index is 12.6. The van der Waals surface area contributed by atoms with Gasteiger partial charge in [0.15, 0.2) is 0 Å². The number of rotatable bonds is 8. The van der Waals surface area contributed by atoms with Crippen molar-refractivity contribution in [3.63, 3.8) is 0 Å². The van der Waals surface area contributed by atoms with Crippen molar-refractivity contribution in [1.82, 2.24) is 9.88 Å². The largest absolute Gasteiger partial charge is 0.339 e. The van der Waals surface area contributed by atoms with Crippen LogP contribution in [0.5, 0.6) is 0 Å². The van der Waals surface area contributed by atoms with E-state index >= 15 is 0 Å². The van der Waals surface area contributed by atoms with Crippen LogP contribution < -0.4 is 5.32 Å². The third-order valence-electron chi connectivity index (χ3n) is 4.18. The number of unbranched alkanes of at least 4 members (excludes halogenated alkanes) is 1. The molecule has 2 rings (SSSR count). The number of thiazole rings is 1. The molecule has 0 saturated heterocycles. The molecule has 0 spiro atoms. The first-order chi connectivity index (χ1) is 12.4. The summed E-state index contributed by atoms with van der Waals surface area (Å²) in [6.45, 7) is 8.74. The Morgan fingerprint density at radius 2 is 2.04 bits per heavy atom. The number of amides is 2. The number of anilines is 1. The van der Waals surface area contributed by atoms with Crippen LogP contribution >= 0.6 is 11.3 Å². The van der Waals surface area contributed by atoms with Crippen LogP contribution in [0.25, 0.3) is 0 Å². The second kappa shape index (κ2) is 9.48. The third-order valence-corrected chi connectivity index (χ3v) is 5.39. The van der Waals surface area contributed by atoms with Crippen molar-refractivity contribution in [2.75, 3.05) is 11.9 Å².